The van der Waals surface area contributed by atoms with Gasteiger partial charge in [0.15, 0.2) is 0 Å². The van der Waals surface area contributed by atoms with Gasteiger partial charge in [-0.25, -0.2) is 0 Å². The zero-order valence-corrected chi connectivity index (χ0v) is 20.2. The van der Waals surface area contributed by atoms with Gasteiger partial charge in [0.1, 0.15) is 5.01 Å². The minimum atomic E-state index is -0.224. The summed E-state index contributed by atoms with van der Waals surface area (Å²) in [7, 11) is 1.66. The molecule has 9 heteroatoms. The standard InChI is InChI=1S/C24H26N4O3S2/c1-3-16-8-10-18(11-9-16)28-15-17(14-21(28)29)23-26-27-24(33-23)25-22(30)19-6-4-5-7-20(19)32-13-12-31-2/h4-11,17H,3,12-15H2,1-2H3,(H,25,27,30)/t17-/m0/s1. The zero-order chi connectivity index (χ0) is 23.2. The summed E-state index contributed by atoms with van der Waals surface area (Å²) in [6, 6.07) is 15.6. The largest absolute Gasteiger partial charge is 0.384 e. The Hall–Kier alpha value is -2.75. The molecule has 3 aromatic rings. The lowest BCUT2D eigenvalue weighted by molar-refractivity contribution is -0.117. The number of benzene rings is 2. The van der Waals surface area contributed by atoms with E-state index >= 15 is 0 Å². The Bertz CT molecular complexity index is 1120. The summed E-state index contributed by atoms with van der Waals surface area (Å²) in [4.78, 5) is 28.2. The summed E-state index contributed by atoms with van der Waals surface area (Å²) in [6.45, 7) is 3.28. The van der Waals surface area contributed by atoms with E-state index in [1.807, 2.05) is 30.3 Å². The monoisotopic (exact) mass is 482 g/mol. The first-order chi connectivity index (χ1) is 16.1. The number of thioether (sulfide) groups is 1. The third kappa shape index (κ3) is 5.61. The van der Waals surface area contributed by atoms with Crippen LogP contribution in [0.2, 0.25) is 0 Å². The minimum absolute atomic E-state index is 0.0385. The van der Waals surface area contributed by atoms with Gasteiger partial charge in [0.05, 0.1) is 12.2 Å². The first kappa shape index (κ1) is 23.4. The topological polar surface area (TPSA) is 84.4 Å². The Morgan fingerprint density at radius 1 is 1.21 bits per heavy atom. The van der Waals surface area contributed by atoms with Crippen molar-refractivity contribution in [3.63, 3.8) is 0 Å². The number of carbonyl (C=O) groups is 2. The highest BCUT2D eigenvalue weighted by Crippen LogP contribution is 2.34. The molecule has 1 aromatic heterocycles. The normalized spacial score (nSPS) is 15.8. The van der Waals surface area contributed by atoms with Gasteiger partial charge >= 0.3 is 0 Å². The van der Waals surface area contributed by atoms with Crippen LogP contribution in [0.15, 0.2) is 53.4 Å². The second-order valence-corrected chi connectivity index (χ2v) is 9.81. The smallest absolute Gasteiger partial charge is 0.258 e. The molecule has 2 heterocycles. The number of amides is 2. The van der Waals surface area contributed by atoms with Crippen LogP contribution in [0, 0.1) is 0 Å². The maximum atomic E-state index is 12.9. The molecular formula is C24H26N4O3S2. The van der Waals surface area contributed by atoms with Crippen molar-refractivity contribution in [2.75, 3.05) is 36.2 Å². The Kier molecular flexibility index (Phi) is 7.74. The molecule has 1 aliphatic rings. The van der Waals surface area contributed by atoms with E-state index in [1.54, 1.807) is 29.8 Å². The lowest BCUT2D eigenvalue weighted by Gasteiger charge is -2.16. The molecular weight excluding hydrogens is 456 g/mol. The molecule has 2 aromatic carbocycles. The first-order valence-electron chi connectivity index (χ1n) is 10.8. The van der Waals surface area contributed by atoms with Gasteiger partial charge in [-0.2, -0.15) is 0 Å². The average molecular weight is 483 g/mol. The number of aromatic nitrogens is 2. The number of hydrogen-bond donors (Lipinski definition) is 1. The van der Waals surface area contributed by atoms with Crippen molar-refractivity contribution in [1.29, 1.82) is 0 Å². The van der Waals surface area contributed by atoms with E-state index in [0.29, 0.717) is 30.3 Å². The number of rotatable bonds is 9. The molecule has 7 nitrogen and oxygen atoms in total. The average Bonchev–Trinajstić information content (AvgIpc) is 3.46. The molecule has 1 saturated heterocycles. The molecule has 172 valence electrons. The summed E-state index contributed by atoms with van der Waals surface area (Å²) < 4.78 is 5.10. The van der Waals surface area contributed by atoms with Gasteiger partial charge in [-0.15, -0.1) is 22.0 Å². The fourth-order valence-corrected chi connectivity index (χ4v) is 5.45. The molecule has 1 N–H and O–H groups in total. The van der Waals surface area contributed by atoms with E-state index in [0.717, 1.165) is 27.8 Å². The second kappa shape index (κ2) is 10.9. The molecule has 1 fully saturated rings. The van der Waals surface area contributed by atoms with Gasteiger partial charge in [0, 0.05) is 42.3 Å². The van der Waals surface area contributed by atoms with Crippen LogP contribution in [-0.4, -0.2) is 48.0 Å². The van der Waals surface area contributed by atoms with Gasteiger partial charge in [-0.1, -0.05) is 42.5 Å². The van der Waals surface area contributed by atoms with Gasteiger partial charge in [-0.05, 0) is 36.2 Å². The summed E-state index contributed by atoms with van der Waals surface area (Å²) in [5.74, 6) is 0.575. The highest BCUT2D eigenvalue weighted by molar-refractivity contribution is 7.99. The van der Waals surface area contributed by atoms with Gasteiger partial charge in [0.25, 0.3) is 5.91 Å². The van der Waals surface area contributed by atoms with Gasteiger partial charge in [0.2, 0.25) is 11.0 Å². The quantitative estimate of drug-likeness (QED) is 0.354. The number of methoxy groups -OCH3 is 1. The van der Waals surface area contributed by atoms with Crippen LogP contribution in [0.25, 0.3) is 0 Å². The number of aryl methyl sites for hydroxylation is 1. The molecule has 4 rings (SSSR count). The van der Waals surface area contributed by atoms with Crippen LogP contribution in [0.5, 0.6) is 0 Å². The molecule has 33 heavy (non-hydrogen) atoms. The number of nitrogens with one attached hydrogen (secondary N) is 1. The first-order valence-corrected chi connectivity index (χ1v) is 12.6. The third-order valence-corrected chi connectivity index (χ3v) is 7.51. The van der Waals surface area contributed by atoms with Crippen LogP contribution in [0.1, 0.15) is 40.2 Å². The molecule has 0 bridgehead atoms. The Labute approximate surface area is 201 Å². The van der Waals surface area contributed by atoms with E-state index in [2.05, 4.69) is 34.6 Å². The highest BCUT2D eigenvalue weighted by Gasteiger charge is 2.34. The number of ether oxygens (including phenoxy) is 1. The maximum absolute atomic E-state index is 12.9. The Morgan fingerprint density at radius 3 is 2.76 bits per heavy atom. The van der Waals surface area contributed by atoms with E-state index in [9.17, 15) is 9.59 Å². The van der Waals surface area contributed by atoms with E-state index < -0.39 is 0 Å². The van der Waals surface area contributed by atoms with Crippen LogP contribution in [0.3, 0.4) is 0 Å². The van der Waals surface area contributed by atoms with Crippen molar-refractivity contribution in [2.45, 2.75) is 30.6 Å². The molecule has 1 aliphatic heterocycles. The van der Waals surface area contributed by atoms with Crippen LogP contribution in [0.4, 0.5) is 10.8 Å². The summed E-state index contributed by atoms with van der Waals surface area (Å²) in [5, 5.41) is 12.5. The van der Waals surface area contributed by atoms with Crippen molar-refractivity contribution in [3.05, 3.63) is 64.7 Å². The predicted octanol–water partition coefficient (Wildman–Crippen LogP) is 4.61. The van der Waals surface area contributed by atoms with Gasteiger partial charge < -0.3 is 9.64 Å². The Balaban J connectivity index is 1.41. The van der Waals surface area contributed by atoms with Crippen LogP contribution < -0.4 is 10.2 Å². The van der Waals surface area contributed by atoms with Crippen LogP contribution >= 0.6 is 23.1 Å². The van der Waals surface area contributed by atoms with Crippen molar-refractivity contribution < 1.29 is 14.3 Å². The lowest BCUT2D eigenvalue weighted by atomic mass is 10.1. The van der Waals surface area contributed by atoms with E-state index in [-0.39, 0.29) is 17.7 Å². The van der Waals surface area contributed by atoms with Gasteiger partial charge in [-0.3, -0.25) is 14.9 Å². The predicted molar refractivity (Wildman–Crippen MR) is 132 cm³/mol. The number of nitrogens with zero attached hydrogens (tertiary/aromatic N) is 3. The molecule has 0 spiro atoms. The zero-order valence-electron chi connectivity index (χ0n) is 18.6. The molecule has 1 atom stereocenters. The maximum Gasteiger partial charge on any atom is 0.258 e. The summed E-state index contributed by atoms with van der Waals surface area (Å²) >= 11 is 2.90. The van der Waals surface area contributed by atoms with Crippen molar-refractivity contribution in [1.82, 2.24) is 10.2 Å². The third-order valence-electron chi connectivity index (χ3n) is 5.47. The van der Waals surface area contributed by atoms with E-state index in [4.69, 9.17) is 4.74 Å². The summed E-state index contributed by atoms with van der Waals surface area (Å²) in [5.41, 5.74) is 2.73. The second-order valence-electron chi connectivity index (χ2n) is 7.66. The SMILES string of the molecule is CCc1ccc(N2C[C@@H](c3nnc(NC(=O)c4ccccc4SCCOC)s3)CC2=O)cc1. The molecule has 0 aliphatic carbocycles. The molecule has 0 radical (unpaired) electrons. The molecule has 0 unspecified atom stereocenters. The van der Waals surface area contributed by atoms with Crippen molar-refractivity contribution >= 4 is 45.7 Å². The fourth-order valence-electron chi connectivity index (χ4n) is 3.66. The minimum Gasteiger partial charge on any atom is -0.384 e. The fraction of sp³-hybridized carbons (Fsp3) is 0.333. The number of hydrogen-bond acceptors (Lipinski definition) is 7. The van der Waals surface area contributed by atoms with Crippen molar-refractivity contribution in [2.24, 2.45) is 0 Å². The number of carbonyl (C=O) groups excluding carboxylic acids is 2. The molecule has 2 amide bonds. The number of anilines is 2. The highest BCUT2D eigenvalue weighted by atomic mass is 32.2. The lowest BCUT2D eigenvalue weighted by Crippen LogP contribution is -2.24. The molecule has 0 saturated carbocycles. The van der Waals surface area contributed by atoms with Crippen molar-refractivity contribution in [3.8, 4) is 0 Å². The van der Waals surface area contributed by atoms with Crippen LogP contribution in [-0.2, 0) is 16.0 Å². The van der Waals surface area contributed by atoms with E-state index in [1.165, 1.54) is 16.9 Å². The summed E-state index contributed by atoms with van der Waals surface area (Å²) in [6.07, 6.45) is 1.35. The Morgan fingerprint density at radius 2 is 2.00 bits per heavy atom.